The highest BCUT2D eigenvalue weighted by Gasteiger charge is 2.10. The molecule has 0 amide bonds. The Morgan fingerprint density at radius 2 is 2.21 bits per heavy atom. The third-order valence-corrected chi connectivity index (χ3v) is 2.26. The van der Waals surface area contributed by atoms with Crippen LogP contribution in [-0.4, -0.2) is 19.3 Å². The van der Waals surface area contributed by atoms with E-state index in [0.717, 1.165) is 0 Å². The molecule has 2 aromatic heterocycles. The summed E-state index contributed by atoms with van der Waals surface area (Å²) in [4.78, 5) is 23.3. The minimum Gasteiger partial charge on any atom is -0.281 e. The lowest BCUT2D eigenvalue weighted by Gasteiger charge is -2.04. The first-order valence-corrected chi connectivity index (χ1v) is 4.29. The second-order valence-electron chi connectivity index (χ2n) is 3.02. The van der Waals surface area contributed by atoms with Gasteiger partial charge < -0.3 is 0 Å². The summed E-state index contributed by atoms with van der Waals surface area (Å²) in [7, 11) is 1.61. The minimum atomic E-state index is -0.325. The van der Waals surface area contributed by atoms with Crippen LogP contribution in [0.3, 0.4) is 0 Å². The van der Waals surface area contributed by atoms with Gasteiger partial charge in [0.2, 0.25) is 0 Å². The average Bonchev–Trinajstić information content (AvgIpc) is 2.64. The van der Waals surface area contributed by atoms with Crippen LogP contribution in [0, 0.1) is 0 Å². The van der Waals surface area contributed by atoms with E-state index in [0.29, 0.717) is 17.6 Å². The van der Waals surface area contributed by atoms with Gasteiger partial charge in [-0.1, -0.05) is 0 Å². The fourth-order valence-corrected chi connectivity index (χ4v) is 1.48. The molecule has 2 heterocycles. The van der Waals surface area contributed by atoms with E-state index < -0.39 is 0 Å². The first kappa shape index (κ1) is 8.74. The molecule has 0 saturated carbocycles. The Bertz CT molecular complexity index is 589. The van der Waals surface area contributed by atoms with Crippen LogP contribution in [0.25, 0.3) is 11.0 Å². The van der Waals surface area contributed by atoms with E-state index in [-0.39, 0.29) is 11.2 Å². The normalized spacial score (nSPS) is 11.0. The second-order valence-corrected chi connectivity index (χ2v) is 3.02. The van der Waals surface area contributed by atoms with Crippen molar-refractivity contribution in [3.8, 4) is 0 Å². The number of hydrogen-bond acceptors (Lipinski definition) is 3. The molecule has 0 spiro atoms. The Morgan fingerprint density at radius 1 is 1.50 bits per heavy atom. The van der Waals surface area contributed by atoms with E-state index in [4.69, 9.17) is 0 Å². The van der Waals surface area contributed by atoms with E-state index in [1.54, 1.807) is 14.0 Å². The predicted molar refractivity (Wildman–Crippen MR) is 51.3 cm³/mol. The van der Waals surface area contributed by atoms with Crippen molar-refractivity contribution in [1.82, 2.24) is 19.3 Å². The number of nitrogens with one attached hydrogen (secondary N) is 1. The van der Waals surface area contributed by atoms with E-state index in [1.165, 1.54) is 15.3 Å². The predicted octanol–water partition coefficient (Wildman–Crippen LogP) is -0.557. The molecule has 6 heteroatoms. The molecule has 0 aliphatic heterocycles. The lowest BCUT2D eigenvalue weighted by Crippen LogP contribution is -2.38. The molecule has 6 nitrogen and oxygen atoms in total. The summed E-state index contributed by atoms with van der Waals surface area (Å²) in [5.74, 6) is 0. The maximum Gasteiger partial charge on any atom is 0.332 e. The van der Waals surface area contributed by atoms with Crippen molar-refractivity contribution in [2.45, 2.75) is 13.5 Å². The van der Waals surface area contributed by atoms with E-state index in [9.17, 15) is 9.59 Å². The smallest absolute Gasteiger partial charge is 0.281 e. The van der Waals surface area contributed by atoms with Crippen molar-refractivity contribution in [3.05, 3.63) is 27.0 Å². The molecule has 74 valence electrons. The molecule has 0 saturated heterocycles. The summed E-state index contributed by atoms with van der Waals surface area (Å²) in [6.07, 6.45) is 1.43. The third-order valence-electron chi connectivity index (χ3n) is 2.26. The van der Waals surface area contributed by atoms with Gasteiger partial charge in [0.05, 0.1) is 6.20 Å². The van der Waals surface area contributed by atoms with Crippen molar-refractivity contribution < 1.29 is 0 Å². The maximum atomic E-state index is 11.7. The first-order valence-electron chi connectivity index (χ1n) is 4.29. The van der Waals surface area contributed by atoms with Gasteiger partial charge in [0.15, 0.2) is 0 Å². The largest absolute Gasteiger partial charge is 0.332 e. The molecule has 0 aromatic carbocycles. The standard InChI is InChI=1S/C8H10N4O2/c1-3-12-7(13)5-4-9-10-6(5)11(2)8(12)14/h4H,3H2,1-2H3,(H,9,10). The number of aromatic nitrogens is 4. The molecule has 2 rings (SSSR count). The molecule has 0 bridgehead atoms. The Morgan fingerprint density at radius 3 is 2.86 bits per heavy atom. The van der Waals surface area contributed by atoms with Crippen LogP contribution in [0.4, 0.5) is 0 Å². The van der Waals surface area contributed by atoms with E-state index in [1.807, 2.05) is 0 Å². The molecule has 14 heavy (non-hydrogen) atoms. The topological polar surface area (TPSA) is 72.7 Å². The van der Waals surface area contributed by atoms with Gasteiger partial charge in [-0.3, -0.25) is 19.0 Å². The quantitative estimate of drug-likeness (QED) is 0.661. The molecule has 0 aliphatic rings. The monoisotopic (exact) mass is 194 g/mol. The van der Waals surface area contributed by atoms with Crippen LogP contribution < -0.4 is 11.2 Å². The Balaban J connectivity index is 3.10. The highest BCUT2D eigenvalue weighted by Crippen LogP contribution is 1.99. The van der Waals surface area contributed by atoms with Gasteiger partial charge in [0, 0.05) is 13.6 Å². The van der Waals surface area contributed by atoms with Gasteiger partial charge >= 0.3 is 5.69 Å². The van der Waals surface area contributed by atoms with Gasteiger partial charge in [0.1, 0.15) is 11.0 Å². The number of aromatic amines is 1. The summed E-state index contributed by atoms with van der Waals surface area (Å²) >= 11 is 0. The van der Waals surface area contributed by atoms with Gasteiger partial charge in [-0.05, 0) is 6.92 Å². The number of aryl methyl sites for hydroxylation is 1. The Labute approximate surface area is 78.8 Å². The number of fused-ring (bicyclic) bond motifs is 1. The highest BCUT2D eigenvalue weighted by atomic mass is 16.2. The van der Waals surface area contributed by atoms with E-state index >= 15 is 0 Å². The zero-order valence-electron chi connectivity index (χ0n) is 7.94. The number of rotatable bonds is 1. The zero-order chi connectivity index (χ0) is 10.3. The summed E-state index contributed by atoms with van der Waals surface area (Å²) in [5.41, 5.74) is -0.154. The first-order chi connectivity index (χ1) is 6.66. The molecule has 0 radical (unpaired) electrons. The molecule has 0 unspecified atom stereocenters. The van der Waals surface area contributed by atoms with E-state index in [2.05, 4.69) is 10.2 Å². The Hall–Kier alpha value is -1.85. The number of hydrogen-bond donors (Lipinski definition) is 1. The van der Waals surface area contributed by atoms with Crippen molar-refractivity contribution in [2.75, 3.05) is 0 Å². The van der Waals surface area contributed by atoms with Crippen molar-refractivity contribution in [3.63, 3.8) is 0 Å². The molecule has 2 aromatic rings. The van der Waals surface area contributed by atoms with Crippen LogP contribution in [0.1, 0.15) is 6.92 Å². The lowest BCUT2D eigenvalue weighted by atomic mass is 10.4. The Kier molecular flexibility index (Phi) is 1.77. The van der Waals surface area contributed by atoms with Crippen LogP contribution in [-0.2, 0) is 13.6 Å². The van der Waals surface area contributed by atoms with Crippen molar-refractivity contribution >= 4 is 11.0 Å². The number of H-pyrrole nitrogens is 1. The van der Waals surface area contributed by atoms with Crippen LogP contribution >= 0.6 is 0 Å². The van der Waals surface area contributed by atoms with Crippen LogP contribution in [0.2, 0.25) is 0 Å². The minimum absolute atomic E-state index is 0.292. The molecule has 0 aliphatic carbocycles. The zero-order valence-corrected chi connectivity index (χ0v) is 7.94. The van der Waals surface area contributed by atoms with Gasteiger partial charge in [0.25, 0.3) is 5.56 Å². The van der Waals surface area contributed by atoms with Gasteiger partial charge in [-0.25, -0.2) is 4.79 Å². The van der Waals surface area contributed by atoms with Crippen LogP contribution in [0.5, 0.6) is 0 Å². The second kappa shape index (κ2) is 2.83. The summed E-state index contributed by atoms with van der Waals surface area (Å²) < 4.78 is 2.56. The highest BCUT2D eigenvalue weighted by molar-refractivity contribution is 5.72. The van der Waals surface area contributed by atoms with Crippen LogP contribution in [0.15, 0.2) is 15.8 Å². The fraction of sp³-hybridized carbons (Fsp3) is 0.375. The lowest BCUT2D eigenvalue weighted by molar-refractivity contribution is 0.638. The summed E-state index contributed by atoms with van der Waals surface area (Å²) in [5, 5.41) is 6.80. The van der Waals surface area contributed by atoms with Crippen molar-refractivity contribution in [1.29, 1.82) is 0 Å². The van der Waals surface area contributed by atoms with Gasteiger partial charge in [-0.15, -0.1) is 0 Å². The van der Waals surface area contributed by atoms with Gasteiger partial charge in [-0.2, -0.15) is 5.10 Å². The molecule has 0 atom stereocenters. The molecular weight excluding hydrogens is 184 g/mol. The SMILES string of the molecule is CCn1c(=O)c2cn[nH]c2n(C)c1=O. The average molecular weight is 194 g/mol. The molecule has 0 fully saturated rings. The number of nitrogens with zero attached hydrogens (tertiary/aromatic N) is 3. The third kappa shape index (κ3) is 0.935. The molecular formula is C8H10N4O2. The summed E-state index contributed by atoms with van der Waals surface area (Å²) in [6, 6.07) is 0. The van der Waals surface area contributed by atoms with Crippen molar-refractivity contribution in [2.24, 2.45) is 7.05 Å². The maximum absolute atomic E-state index is 11.7. The summed E-state index contributed by atoms with van der Waals surface area (Å²) in [6.45, 7) is 2.13. The molecule has 1 N–H and O–H groups in total. The fourth-order valence-electron chi connectivity index (χ4n) is 1.48.